The number of piperazine rings is 1. The SMILES string of the molecule is COc1ncc(C)cc1-c1cnn2ccc(N3CCNCC3)nc12. The summed E-state index contributed by atoms with van der Waals surface area (Å²) in [6.07, 6.45) is 5.58. The summed E-state index contributed by atoms with van der Waals surface area (Å²) in [4.78, 5) is 11.5. The number of nitrogens with zero attached hydrogens (tertiary/aromatic N) is 5. The molecule has 0 radical (unpaired) electrons. The summed E-state index contributed by atoms with van der Waals surface area (Å²) in [5.74, 6) is 1.57. The van der Waals surface area contributed by atoms with Crippen LogP contribution in [-0.2, 0) is 0 Å². The molecule has 4 rings (SSSR count). The van der Waals surface area contributed by atoms with E-state index in [2.05, 4.69) is 26.4 Å². The lowest BCUT2D eigenvalue weighted by atomic mass is 10.1. The van der Waals surface area contributed by atoms with Crippen LogP contribution in [0.5, 0.6) is 5.88 Å². The summed E-state index contributed by atoms with van der Waals surface area (Å²) in [5.41, 5.74) is 3.73. The Morgan fingerprint density at radius 3 is 2.79 bits per heavy atom. The van der Waals surface area contributed by atoms with Gasteiger partial charge in [-0.1, -0.05) is 0 Å². The first-order valence-corrected chi connectivity index (χ1v) is 8.07. The van der Waals surface area contributed by atoms with E-state index in [4.69, 9.17) is 9.72 Å². The molecule has 0 spiro atoms. The molecular weight excluding hydrogens is 304 g/mol. The van der Waals surface area contributed by atoms with Gasteiger partial charge < -0.3 is 15.0 Å². The van der Waals surface area contributed by atoms with Crippen molar-refractivity contribution in [1.29, 1.82) is 0 Å². The van der Waals surface area contributed by atoms with E-state index in [1.165, 1.54) is 0 Å². The quantitative estimate of drug-likeness (QED) is 0.788. The highest BCUT2D eigenvalue weighted by Gasteiger charge is 2.17. The molecule has 3 aromatic rings. The van der Waals surface area contributed by atoms with Crippen LogP contribution in [-0.4, -0.2) is 52.9 Å². The van der Waals surface area contributed by atoms with E-state index in [-0.39, 0.29) is 0 Å². The monoisotopic (exact) mass is 324 g/mol. The molecule has 1 saturated heterocycles. The number of hydrogen-bond acceptors (Lipinski definition) is 6. The van der Waals surface area contributed by atoms with Gasteiger partial charge in [-0.05, 0) is 24.6 Å². The summed E-state index contributed by atoms with van der Waals surface area (Å²) in [5, 5.41) is 7.79. The number of methoxy groups -OCH3 is 1. The van der Waals surface area contributed by atoms with Gasteiger partial charge in [-0.25, -0.2) is 14.5 Å². The molecule has 7 nitrogen and oxygen atoms in total. The third-order valence-corrected chi connectivity index (χ3v) is 4.27. The summed E-state index contributed by atoms with van der Waals surface area (Å²) >= 11 is 0. The van der Waals surface area contributed by atoms with Crippen LogP contribution in [0, 0.1) is 6.92 Å². The standard InChI is InChI=1S/C17H20N6O/c1-12-9-13(17(24-2)19-10-12)14-11-20-23-6-3-15(21-16(14)23)22-7-4-18-5-8-22/h3,6,9-11,18H,4-5,7-8H2,1-2H3. The Hall–Kier alpha value is -2.67. The van der Waals surface area contributed by atoms with Gasteiger partial charge in [0.1, 0.15) is 5.82 Å². The minimum atomic E-state index is 0.588. The summed E-state index contributed by atoms with van der Waals surface area (Å²) in [6, 6.07) is 4.07. The number of rotatable bonds is 3. The molecule has 124 valence electrons. The Kier molecular flexibility index (Phi) is 3.78. The summed E-state index contributed by atoms with van der Waals surface area (Å²) < 4.78 is 7.22. The lowest BCUT2D eigenvalue weighted by molar-refractivity contribution is 0.399. The van der Waals surface area contributed by atoms with Gasteiger partial charge in [0.15, 0.2) is 5.65 Å². The molecule has 3 aromatic heterocycles. The molecule has 4 heterocycles. The van der Waals surface area contributed by atoms with Gasteiger partial charge in [-0.2, -0.15) is 5.10 Å². The number of ether oxygens (including phenoxy) is 1. The van der Waals surface area contributed by atoms with Crippen LogP contribution < -0.4 is 15.0 Å². The Morgan fingerprint density at radius 1 is 1.17 bits per heavy atom. The molecule has 1 aliphatic heterocycles. The fraction of sp³-hybridized carbons (Fsp3) is 0.353. The first-order valence-electron chi connectivity index (χ1n) is 8.07. The average Bonchev–Trinajstić information content (AvgIpc) is 3.05. The van der Waals surface area contributed by atoms with Crippen molar-refractivity contribution in [2.75, 3.05) is 38.2 Å². The Labute approximate surface area is 140 Å². The second-order valence-corrected chi connectivity index (χ2v) is 5.92. The molecule has 0 aromatic carbocycles. The maximum Gasteiger partial charge on any atom is 0.221 e. The van der Waals surface area contributed by atoms with Crippen LogP contribution in [0.1, 0.15) is 5.56 Å². The number of pyridine rings is 1. The van der Waals surface area contributed by atoms with E-state index < -0.39 is 0 Å². The second kappa shape index (κ2) is 6.09. The minimum absolute atomic E-state index is 0.588. The molecule has 0 amide bonds. The summed E-state index contributed by atoms with van der Waals surface area (Å²) in [6.45, 7) is 5.90. The van der Waals surface area contributed by atoms with Crippen molar-refractivity contribution in [3.63, 3.8) is 0 Å². The number of anilines is 1. The number of hydrogen-bond donors (Lipinski definition) is 1. The lowest BCUT2D eigenvalue weighted by Gasteiger charge is -2.28. The highest BCUT2D eigenvalue weighted by molar-refractivity contribution is 5.81. The van der Waals surface area contributed by atoms with Crippen molar-refractivity contribution in [2.45, 2.75) is 6.92 Å². The van der Waals surface area contributed by atoms with E-state index in [1.807, 2.05) is 25.4 Å². The van der Waals surface area contributed by atoms with Crippen molar-refractivity contribution in [3.8, 4) is 17.0 Å². The molecule has 24 heavy (non-hydrogen) atoms. The van der Waals surface area contributed by atoms with E-state index in [0.29, 0.717) is 5.88 Å². The zero-order valence-corrected chi connectivity index (χ0v) is 13.9. The predicted molar refractivity (Wildman–Crippen MR) is 92.6 cm³/mol. The van der Waals surface area contributed by atoms with Crippen molar-refractivity contribution in [1.82, 2.24) is 24.9 Å². The maximum absolute atomic E-state index is 5.43. The van der Waals surface area contributed by atoms with E-state index in [1.54, 1.807) is 17.8 Å². The largest absolute Gasteiger partial charge is 0.481 e. The third kappa shape index (κ3) is 2.56. The topological polar surface area (TPSA) is 67.6 Å². The molecule has 1 fully saturated rings. The molecule has 1 aliphatic rings. The smallest absolute Gasteiger partial charge is 0.221 e. The van der Waals surface area contributed by atoms with Crippen molar-refractivity contribution in [2.24, 2.45) is 0 Å². The number of aromatic nitrogens is 4. The average molecular weight is 324 g/mol. The first-order chi connectivity index (χ1) is 11.8. The fourth-order valence-corrected chi connectivity index (χ4v) is 3.03. The third-order valence-electron chi connectivity index (χ3n) is 4.27. The van der Waals surface area contributed by atoms with Crippen LogP contribution in [0.4, 0.5) is 5.82 Å². The van der Waals surface area contributed by atoms with Crippen LogP contribution >= 0.6 is 0 Å². The zero-order valence-electron chi connectivity index (χ0n) is 13.9. The maximum atomic E-state index is 5.43. The van der Waals surface area contributed by atoms with Crippen LogP contribution in [0.25, 0.3) is 16.8 Å². The molecule has 0 aliphatic carbocycles. The molecule has 0 saturated carbocycles. The number of fused-ring (bicyclic) bond motifs is 1. The predicted octanol–water partition coefficient (Wildman–Crippen LogP) is 1.52. The molecule has 0 bridgehead atoms. The first kappa shape index (κ1) is 14.9. The highest BCUT2D eigenvalue weighted by Crippen LogP contribution is 2.31. The Balaban J connectivity index is 1.83. The molecule has 0 atom stereocenters. The van der Waals surface area contributed by atoms with Crippen LogP contribution in [0.2, 0.25) is 0 Å². The van der Waals surface area contributed by atoms with E-state index in [9.17, 15) is 0 Å². The number of aryl methyl sites for hydroxylation is 1. The van der Waals surface area contributed by atoms with Crippen molar-refractivity contribution >= 4 is 11.5 Å². The molecule has 1 N–H and O–H groups in total. The normalized spacial score (nSPS) is 15.0. The molecule has 7 heteroatoms. The van der Waals surface area contributed by atoms with Gasteiger partial charge in [0, 0.05) is 44.1 Å². The fourth-order valence-electron chi connectivity index (χ4n) is 3.03. The second-order valence-electron chi connectivity index (χ2n) is 5.92. The summed E-state index contributed by atoms with van der Waals surface area (Å²) in [7, 11) is 1.63. The Morgan fingerprint density at radius 2 is 2.00 bits per heavy atom. The highest BCUT2D eigenvalue weighted by atomic mass is 16.5. The molecule has 0 unspecified atom stereocenters. The van der Waals surface area contributed by atoms with Gasteiger partial charge in [0.05, 0.1) is 18.9 Å². The van der Waals surface area contributed by atoms with Gasteiger partial charge in [0.2, 0.25) is 5.88 Å². The van der Waals surface area contributed by atoms with Crippen LogP contribution in [0.15, 0.2) is 30.7 Å². The van der Waals surface area contributed by atoms with Crippen LogP contribution in [0.3, 0.4) is 0 Å². The minimum Gasteiger partial charge on any atom is -0.481 e. The molecular formula is C17H20N6O. The van der Waals surface area contributed by atoms with E-state index in [0.717, 1.165) is 54.3 Å². The zero-order chi connectivity index (χ0) is 16.5. The van der Waals surface area contributed by atoms with E-state index >= 15 is 0 Å². The van der Waals surface area contributed by atoms with Crippen molar-refractivity contribution < 1.29 is 4.74 Å². The van der Waals surface area contributed by atoms with Gasteiger partial charge >= 0.3 is 0 Å². The van der Waals surface area contributed by atoms with Crippen molar-refractivity contribution in [3.05, 3.63) is 36.3 Å². The Bertz CT molecular complexity index is 869. The van der Waals surface area contributed by atoms with Gasteiger partial charge in [-0.15, -0.1) is 0 Å². The lowest BCUT2D eigenvalue weighted by Crippen LogP contribution is -2.43. The van der Waals surface area contributed by atoms with Gasteiger partial charge in [-0.3, -0.25) is 0 Å². The number of nitrogens with one attached hydrogen (secondary N) is 1. The van der Waals surface area contributed by atoms with Gasteiger partial charge in [0.25, 0.3) is 0 Å².